The molecule has 0 saturated heterocycles. The van der Waals surface area contributed by atoms with E-state index in [1.165, 1.54) is 14.2 Å². The van der Waals surface area contributed by atoms with Gasteiger partial charge in [0.2, 0.25) is 0 Å². The number of hydrogen-bond donors (Lipinski definition) is 1. The number of aromatic nitrogens is 2. The number of aryl methyl sites for hydroxylation is 1. The quantitative estimate of drug-likeness (QED) is 0.831. The van der Waals surface area contributed by atoms with Crippen LogP contribution in [0.25, 0.3) is 10.9 Å². The first-order chi connectivity index (χ1) is 8.99. The van der Waals surface area contributed by atoms with E-state index in [1.807, 2.05) is 36.0 Å². The zero-order valence-corrected chi connectivity index (χ0v) is 11.8. The molecular weight excluding hydrogens is 244 g/mol. The van der Waals surface area contributed by atoms with E-state index in [0.29, 0.717) is 6.42 Å². The van der Waals surface area contributed by atoms with Crippen LogP contribution < -0.4 is 0 Å². The van der Waals surface area contributed by atoms with Gasteiger partial charge in [0.05, 0.1) is 11.2 Å². The Bertz CT molecular complexity index is 559. The van der Waals surface area contributed by atoms with Crippen LogP contribution in [0.1, 0.15) is 12.6 Å². The summed E-state index contributed by atoms with van der Waals surface area (Å²) in [6.07, 6.45) is -0.325. The second-order valence-electron chi connectivity index (χ2n) is 4.92. The Balaban J connectivity index is 2.36. The van der Waals surface area contributed by atoms with Gasteiger partial charge in [0.15, 0.2) is 6.29 Å². The third-order valence-corrected chi connectivity index (χ3v) is 3.30. The Labute approximate surface area is 112 Å². The predicted molar refractivity (Wildman–Crippen MR) is 72.8 cm³/mol. The van der Waals surface area contributed by atoms with Gasteiger partial charge >= 0.3 is 0 Å². The summed E-state index contributed by atoms with van der Waals surface area (Å²) < 4.78 is 12.1. The zero-order valence-electron chi connectivity index (χ0n) is 11.8. The Kier molecular flexibility index (Phi) is 3.89. The van der Waals surface area contributed by atoms with Crippen LogP contribution >= 0.6 is 0 Å². The maximum absolute atomic E-state index is 10.5. The highest BCUT2D eigenvalue weighted by Crippen LogP contribution is 2.24. The third kappa shape index (κ3) is 2.63. The molecule has 0 bridgehead atoms. The molecule has 0 amide bonds. The first-order valence-corrected chi connectivity index (χ1v) is 6.18. The fraction of sp³-hybridized carbons (Fsp3) is 0.500. The fourth-order valence-electron chi connectivity index (χ4n) is 2.45. The number of hydrogen-bond acceptors (Lipinski definition) is 4. The maximum Gasteiger partial charge on any atom is 0.185 e. The minimum atomic E-state index is -1.14. The van der Waals surface area contributed by atoms with Gasteiger partial charge in [-0.05, 0) is 13.0 Å². The van der Waals surface area contributed by atoms with Crippen molar-refractivity contribution in [3.05, 3.63) is 30.0 Å². The molecule has 19 heavy (non-hydrogen) atoms. The fourth-order valence-corrected chi connectivity index (χ4v) is 2.45. The molecule has 0 saturated carbocycles. The Morgan fingerprint density at radius 1 is 1.32 bits per heavy atom. The molecule has 0 spiro atoms. The van der Waals surface area contributed by atoms with Gasteiger partial charge < -0.3 is 14.6 Å². The van der Waals surface area contributed by atoms with Crippen LogP contribution in [0.4, 0.5) is 0 Å². The van der Waals surface area contributed by atoms with E-state index >= 15 is 0 Å². The molecule has 5 heteroatoms. The largest absolute Gasteiger partial charge is 0.384 e. The van der Waals surface area contributed by atoms with Crippen molar-refractivity contribution < 1.29 is 14.6 Å². The van der Waals surface area contributed by atoms with Gasteiger partial charge in [0, 0.05) is 33.1 Å². The third-order valence-electron chi connectivity index (χ3n) is 3.30. The molecule has 0 fully saturated rings. The normalized spacial score (nSPS) is 15.1. The molecule has 5 nitrogen and oxygen atoms in total. The zero-order chi connectivity index (χ0) is 14.0. The van der Waals surface area contributed by atoms with Crippen molar-refractivity contribution in [2.45, 2.75) is 25.2 Å². The summed E-state index contributed by atoms with van der Waals surface area (Å²) in [5.41, 5.74) is 0.738. The number of rotatable bonds is 5. The Morgan fingerprint density at radius 2 is 1.95 bits per heavy atom. The van der Waals surface area contributed by atoms with Crippen molar-refractivity contribution in [3.8, 4) is 0 Å². The van der Waals surface area contributed by atoms with Crippen molar-refractivity contribution >= 4 is 10.9 Å². The molecule has 0 aliphatic carbocycles. The highest BCUT2D eigenvalue weighted by molar-refractivity contribution is 5.81. The number of ether oxygens (including phenoxy) is 2. The number of benzene rings is 1. The average molecular weight is 264 g/mol. The summed E-state index contributed by atoms with van der Waals surface area (Å²) in [7, 11) is 4.92. The summed E-state index contributed by atoms with van der Waals surface area (Å²) in [6, 6.07) is 7.94. The Hall–Kier alpha value is -1.43. The topological polar surface area (TPSA) is 56.5 Å². The standard InChI is InChI=1S/C14H20N2O3/c1-14(17,13(18-3)19-4)9-11-10-7-5-6-8-12(10)16(2)15-11/h5-8,13,17H,9H2,1-4H3. The van der Waals surface area contributed by atoms with Crippen LogP contribution in [0.3, 0.4) is 0 Å². The van der Waals surface area contributed by atoms with Crippen molar-refractivity contribution in [3.63, 3.8) is 0 Å². The summed E-state index contributed by atoms with van der Waals surface area (Å²) in [4.78, 5) is 0. The first-order valence-electron chi connectivity index (χ1n) is 6.18. The van der Waals surface area contributed by atoms with Gasteiger partial charge in [-0.25, -0.2) is 0 Å². The van der Waals surface area contributed by atoms with E-state index in [9.17, 15) is 5.11 Å². The molecule has 2 aromatic rings. The van der Waals surface area contributed by atoms with Crippen LogP contribution in [0.2, 0.25) is 0 Å². The highest BCUT2D eigenvalue weighted by Gasteiger charge is 2.34. The smallest absolute Gasteiger partial charge is 0.185 e. The molecular formula is C14H20N2O3. The molecule has 1 aromatic heterocycles. The highest BCUT2D eigenvalue weighted by atomic mass is 16.7. The molecule has 1 heterocycles. The van der Waals surface area contributed by atoms with Crippen molar-refractivity contribution in [1.29, 1.82) is 0 Å². The lowest BCUT2D eigenvalue weighted by molar-refractivity contribution is -0.207. The van der Waals surface area contributed by atoms with Gasteiger partial charge in [-0.3, -0.25) is 4.68 Å². The van der Waals surface area contributed by atoms with Gasteiger partial charge in [0.1, 0.15) is 5.60 Å². The summed E-state index contributed by atoms with van der Waals surface area (Å²) in [5, 5.41) is 16.0. The van der Waals surface area contributed by atoms with E-state index in [2.05, 4.69) is 5.10 Å². The molecule has 1 unspecified atom stereocenters. The second kappa shape index (κ2) is 5.28. The van der Waals surface area contributed by atoms with E-state index in [4.69, 9.17) is 9.47 Å². The molecule has 0 aliphatic rings. The van der Waals surface area contributed by atoms with E-state index < -0.39 is 11.9 Å². The average Bonchev–Trinajstić information content (AvgIpc) is 2.67. The molecule has 2 rings (SSSR count). The van der Waals surface area contributed by atoms with Crippen molar-refractivity contribution in [2.24, 2.45) is 7.05 Å². The first kappa shape index (κ1) is 14.0. The van der Waals surface area contributed by atoms with Gasteiger partial charge in [-0.1, -0.05) is 18.2 Å². The van der Waals surface area contributed by atoms with Crippen LogP contribution in [-0.4, -0.2) is 41.0 Å². The lowest BCUT2D eigenvalue weighted by Crippen LogP contribution is -2.43. The molecule has 0 aliphatic heterocycles. The van der Waals surface area contributed by atoms with Crippen molar-refractivity contribution in [1.82, 2.24) is 9.78 Å². The van der Waals surface area contributed by atoms with E-state index in [1.54, 1.807) is 6.92 Å². The van der Waals surface area contributed by atoms with E-state index in [0.717, 1.165) is 16.6 Å². The summed E-state index contributed by atoms with van der Waals surface area (Å²) >= 11 is 0. The number of fused-ring (bicyclic) bond motifs is 1. The minimum absolute atomic E-state index is 0.362. The molecule has 0 radical (unpaired) electrons. The molecule has 1 aromatic carbocycles. The summed E-state index contributed by atoms with van der Waals surface area (Å²) in [5.74, 6) is 0. The van der Waals surface area contributed by atoms with E-state index in [-0.39, 0.29) is 0 Å². The monoisotopic (exact) mass is 264 g/mol. The maximum atomic E-state index is 10.5. The Morgan fingerprint density at radius 3 is 2.58 bits per heavy atom. The van der Waals surface area contributed by atoms with Crippen LogP contribution in [-0.2, 0) is 22.9 Å². The number of nitrogens with zero attached hydrogens (tertiary/aromatic N) is 2. The van der Waals surface area contributed by atoms with Crippen LogP contribution in [0, 0.1) is 0 Å². The van der Waals surface area contributed by atoms with Crippen LogP contribution in [0.15, 0.2) is 24.3 Å². The van der Waals surface area contributed by atoms with Gasteiger partial charge in [0.25, 0.3) is 0 Å². The van der Waals surface area contributed by atoms with Crippen LogP contribution in [0.5, 0.6) is 0 Å². The van der Waals surface area contributed by atoms with Gasteiger partial charge in [-0.2, -0.15) is 5.10 Å². The number of methoxy groups -OCH3 is 2. The predicted octanol–water partition coefficient (Wildman–Crippen LogP) is 1.49. The lowest BCUT2D eigenvalue weighted by atomic mass is 9.97. The van der Waals surface area contributed by atoms with Gasteiger partial charge in [-0.15, -0.1) is 0 Å². The number of aliphatic hydroxyl groups is 1. The number of para-hydroxylation sites is 1. The second-order valence-corrected chi connectivity index (χ2v) is 4.92. The summed E-state index contributed by atoms with van der Waals surface area (Å²) in [6.45, 7) is 1.69. The molecule has 104 valence electrons. The lowest BCUT2D eigenvalue weighted by Gasteiger charge is -2.29. The minimum Gasteiger partial charge on any atom is -0.384 e. The molecule has 1 atom stereocenters. The molecule has 1 N–H and O–H groups in total. The van der Waals surface area contributed by atoms with Crippen molar-refractivity contribution in [2.75, 3.05) is 14.2 Å². The SMILES string of the molecule is COC(OC)C(C)(O)Cc1nn(C)c2ccccc12.